The molecule has 0 heterocycles. The topological polar surface area (TPSA) is 64.6 Å². The number of aryl methyl sites for hydroxylation is 1. The summed E-state index contributed by atoms with van der Waals surface area (Å²) in [6, 6.07) is 5.99. The number of nitrogens with one attached hydrogen (secondary N) is 1. The molecule has 0 fully saturated rings. The van der Waals surface area contributed by atoms with Crippen LogP contribution in [-0.4, -0.2) is 30.6 Å². The van der Waals surface area contributed by atoms with Crippen LogP contribution in [0.2, 0.25) is 0 Å². The average Bonchev–Trinajstić information content (AvgIpc) is 2.45. The third-order valence-corrected chi connectivity index (χ3v) is 3.33. The molecule has 128 valence electrons. The molecule has 5 nitrogen and oxygen atoms in total. The molecule has 1 aromatic rings. The molecule has 0 aliphatic carbocycles. The number of carbonyl (C=O) groups is 2. The van der Waals surface area contributed by atoms with Crippen LogP contribution in [0.5, 0.6) is 5.75 Å². The van der Waals surface area contributed by atoms with Gasteiger partial charge in [0.25, 0.3) is 5.91 Å². The number of ether oxygens (including phenoxy) is 2. The van der Waals surface area contributed by atoms with Crippen molar-refractivity contribution in [3.8, 4) is 5.75 Å². The van der Waals surface area contributed by atoms with E-state index in [2.05, 4.69) is 25.2 Å². The van der Waals surface area contributed by atoms with Gasteiger partial charge in [-0.1, -0.05) is 26.0 Å². The number of hydrogen-bond donors (Lipinski definition) is 1. The fourth-order valence-corrected chi connectivity index (χ4v) is 1.95. The summed E-state index contributed by atoms with van der Waals surface area (Å²) in [4.78, 5) is 23.5. The van der Waals surface area contributed by atoms with Gasteiger partial charge in [-0.2, -0.15) is 0 Å². The maximum Gasteiger partial charge on any atom is 0.325 e. The van der Waals surface area contributed by atoms with Gasteiger partial charge in [0.1, 0.15) is 12.3 Å². The van der Waals surface area contributed by atoms with E-state index in [0.29, 0.717) is 11.7 Å². The molecule has 1 rings (SSSR count). The van der Waals surface area contributed by atoms with Gasteiger partial charge in [-0.3, -0.25) is 9.59 Å². The normalized spacial score (nSPS) is 12.2. The number of carbonyl (C=O) groups excluding carboxylic acids is 2. The number of rotatable bonds is 7. The zero-order valence-electron chi connectivity index (χ0n) is 14.8. The monoisotopic (exact) mass is 321 g/mol. The van der Waals surface area contributed by atoms with Crippen LogP contribution in [0.25, 0.3) is 0 Å². The van der Waals surface area contributed by atoms with Gasteiger partial charge in [0.05, 0.1) is 6.10 Å². The summed E-state index contributed by atoms with van der Waals surface area (Å²) >= 11 is 0. The van der Waals surface area contributed by atoms with Crippen molar-refractivity contribution in [2.45, 2.75) is 59.7 Å². The van der Waals surface area contributed by atoms with Crippen LogP contribution in [0.1, 0.15) is 51.7 Å². The van der Waals surface area contributed by atoms with Crippen LogP contribution >= 0.6 is 0 Å². The Morgan fingerprint density at radius 2 is 1.78 bits per heavy atom. The van der Waals surface area contributed by atoms with Gasteiger partial charge in [0.15, 0.2) is 6.10 Å². The number of esters is 1. The lowest BCUT2D eigenvalue weighted by Gasteiger charge is -2.18. The minimum absolute atomic E-state index is 0.157. The van der Waals surface area contributed by atoms with E-state index in [9.17, 15) is 9.59 Å². The second-order valence-corrected chi connectivity index (χ2v) is 6.20. The predicted octanol–water partition coefficient (Wildman–Crippen LogP) is 2.95. The van der Waals surface area contributed by atoms with Crippen molar-refractivity contribution >= 4 is 11.9 Å². The van der Waals surface area contributed by atoms with Crippen LogP contribution in [0.15, 0.2) is 18.2 Å². The second-order valence-electron chi connectivity index (χ2n) is 6.20. The van der Waals surface area contributed by atoms with E-state index in [4.69, 9.17) is 9.47 Å². The fraction of sp³-hybridized carbons (Fsp3) is 0.556. The van der Waals surface area contributed by atoms with Crippen LogP contribution < -0.4 is 10.1 Å². The molecule has 1 N–H and O–H groups in total. The van der Waals surface area contributed by atoms with E-state index in [1.54, 1.807) is 20.8 Å². The minimum atomic E-state index is -0.692. The van der Waals surface area contributed by atoms with Crippen LogP contribution in [0, 0.1) is 6.92 Å². The van der Waals surface area contributed by atoms with Crippen molar-refractivity contribution in [2.75, 3.05) is 6.54 Å². The zero-order valence-corrected chi connectivity index (χ0v) is 14.8. The summed E-state index contributed by atoms with van der Waals surface area (Å²) in [5.74, 6) is 0.259. The van der Waals surface area contributed by atoms with E-state index in [-0.39, 0.29) is 18.6 Å². The average molecular weight is 321 g/mol. The molecular formula is C18H27NO4. The second kappa shape index (κ2) is 8.56. The highest BCUT2D eigenvalue weighted by molar-refractivity contribution is 5.85. The quantitative estimate of drug-likeness (QED) is 0.784. The molecule has 1 amide bonds. The molecule has 0 spiro atoms. The van der Waals surface area contributed by atoms with Crippen molar-refractivity contribution < 1.29 is 19.1 Å². The highest BCUT2D eigenvalue weighted by Crippen LogP contribution is 2.25. The van der Waals surface area contributed by atoms with Crippen molar-refractivity contribution in [1.82, 2.24) is 5.32 Å². The first kappa shape index (κ1) is 19.0. The predicted molar refractivity (Wildman–Crippen MR) is 89.6 cm³/mol. The summed E-state index contributed by atoms with van der Waals surface area (Å²) in [7, 11) is 0. The van der Waals surface area contributed by atoms with Gasteiger partial charge in [0.2, 0.25) is 0 Å². The van der Waals surface area contributed by atoms with E-state index < -0.39 is 12.1 Å². The third kappa shape index (κ3) is 6.30. The molecule has 1 atom stereocenters. The fourth-order valence-electron chi connectivity index (χ4n) is 1.95. The summed E-state index contributed by atoms with van der Waals surface area (Å²) in [6.45, 7) is 11.2. The van der Waals surface area contributed by atoms with Crippen molar-refractivity contribution in [2.24, 2.45) is 0 Å². The van der Waals surface area contributed by atoms with Gasteiger partial charge in [-0.05, 0) is 50.8 Å². The molecule has 5 heteroatoms. The van der Waals surface area contributed by atoms with E-state index in [1.165, 1.54) is 0 Å². The molecular weight excluding hydrogens is 294 g/mol. The molecule has 23 heavy (non-hydrogen) atoms. The van der Waals surface area contributed by atoms with Gasteiger partial charge < -0.3 is 14.8 Å². The van der Waals surface area contributed by atoms with Gasteiger partial charge in [-0.25, -0.2) is 0 Å². The Morgan fingerprint density at radius 1 is 1.13 bits per heavy atom. The number of hydrogen-bond acceptors (Lipinski definition) is 4. The minimum Gasteiger partial charge on any atom is -0.481 e. The summed E-state index contributed by atoms with van der Waals surface area (Å²) in [6.07, 6.45) is -0.891. The van der Waals surface area contributed by atoms with Crippen molar-refractivity contribution in [3.05, 3.63) is 29.3 Å². The number of amides is 1. The van der Waals surface area contributed by atoms with E-state index in [0.717, 1.165) is 11.1 Å². The maximum atomic E-state index is 12.0. The molecule has 0 aromatic heterocycles. The summed E-state index contributed by atoms with van der Waals surface area (Å²) in [5.41, 5.74) is 2.12. The third-order valence-electron chi connectivity index (χ3n) is 3.33. The van der Waals surface area contributed by atoms with Crippen LogP contribution in [0.3, 0.4) is 0 Å². The van der Waals surface area contributed by atoms with Crippen LogP contribution in [0.4, 0.5) is 0 Å². The SMILES string of the molecule is Cc1ccc(C(C)C)cc1OC(C)C(=O)NCC(=O)OC(C)C. The Bertz CT molecular complexity index is 552. The Morgan fingerprint density at radius 3 is 2.35 bits per heavy atom. The van der Waals surface area contributed by atoms with Crippen molar-refractivity contribution in [3.63, 3.8) is 0 Å². The Hall–Kier alpha value is -2.04. The summed E-state index contributed by atoms with van der Waals surface area (Å²) in [5, 5.41) is 2.53. The lowest BCUT2D eigenvalue weighted by molar-refractivity contribution is -0.147. The first-order valence-corrected chi connectivity index (χ1v) is 7.95. The molecule has 0 aliphatic heterocycles. The standard InChI is InChI=1S/C18H27NO4/c1-11(2)15-8-7-13(5)16(9-15)23-14(6)18(21)19-10-17(20)22-12(3)4/h7-9,11-12,14H,10H2,1-6H3,(H,19,21). The number of benzene rings is 1. The Kier molecular flexibility index (Phi) is 7.07. The molecule has 0 aliphatic rings. The Labute approximate surface area is 138 Å². The molecule has 0 saturated carbocycles. The lowest BCUT2D eigenvalue weighted by atomic mass is 10.0. The zero-order chi connectivity index (χ0) is 17.6. The highest BCUT2D eigenvalue weighted by Gasteiger charge is 2.17. The molecule has 1 unspecified atom stereocenters. The van der Waals surface area contributed by atoms with Crippen molar-refractivity contribution in [1.29, 1.82) is 0 Å². The largest absolute Gasteiger partial charge is 0.481 e. The van der Waals surface area contributed by atoms with Gasteiger partial charge in [-0.15, -0.1) is 0 Å². The van der Waals surface area contributed by atoms with Crippen LogP contribution in [-0.2, 0) is 14.3 Å². The highest BCUT2D eigenvalue weighted by atomic mass is 16.5. The molecule has 0 radical (unpaired) electrons. The van der Waals surface area contributed by atoms with Gasteiger partial charge in [0, 0.05) is 0 Å². The van der Waals surface area contributed by atoms with E-state index >= 15 is 0 Å². The first-order chi connectivity index (χ1) is 10.7. The molecule has 0 saturated heterocycles. The lowest BCUT2D eigenvalue weighted by Crippen LogP contribution is -2.40. The smallest absolute Gasteiger partial charge is 0.325 e. The molecule has 1 aromatic carbocycles. The Balaban J connectivity index is 2.61. The maximum absolute atomic E-state index is 12.0. The molecule has 0 bridgehead atoms. The summed E-state index contributed by atoms with van der Waals surface area (Å²) < 4.78 is 10.7. The first-order valence-electron chi connectivity index (χ1n) is 7.95. The van der Waals surface area contributed by atoms with Gasteiger partial charge >= 0.3 is 5.97 Å². The van der Waals surface area contributed by atoms with E-state index in [1.807, 2.05) is 19.1 Å².